The lowest BCUT2D eigenvalue weighted by molar-refractivity contribution is -0.148. The summed E-state index contributed by atoms with van der Waals surface area (Å²) in [5.74, 6) is 0. The van der Waals surface area contributed by atoms with E-state index < -0.39 is 12.7 Å². The maximum atomic E-state index is 12.3. The van der Waals surface area contributed by atoms with Gasteiger partial charge in [0, 0.05) is 12.1 Å². The van der Waals surface area contributed by atoms with Crippen LogP contribution < -0.4 is 5.32 Å². The van der Waals surface area contributed by atoms with Crippen LogP contribution in [0.1, 0.15) is 46.0 Å². The smallest absolute Gasteiger partial charge is 0.311 e. The summed E-state index contributed by atoms with van der Waals surface area (Å²) in [6.07, 6.45) is 1.26. The van der Waals surface area contributed by atoms with Gasteiger partial charge in [-0.05, 0) is 50.6 Å². The van der Waals surface area contributed by atoms with Gasteiger partial charge < -0.3 is 5.32 Å². The van der Waals surface area contributed by atoms with Gasteiger partial charge in [-0.3, -0.25) is 4.90 Å². The molecule has 19 heavy (non-hydrogen) atoms. The minimum Gasteiger partial charge on any atom is -0.311 e. The molecular formula is C14H25F3N2. The topological polar surface area (TPSA) is 15.3 Å². The molecule has 1 saturated carbocycles. The normalized spacial score (nSPS) is 29.8. The predicted octanol–water partition coefficient (Wildman–Crippen LogP) is 3.18. The average molecular weight is 278 g/mol. The molecule has 112 valence electrons. The third-order valence-corrected chi connectivity index (χ3v) is 4.43. The molecule has 0 radical (unpaired) electrons. The Hall–Kier alpha value is -0.290. The van der Waals surface area contributed by atoms with E-state index in [1.807, 2.05) is 0 Å². The van der Waals surface area contributed by atoms with Crippen LogP contribution in [0.3, 0.4) is 0 Å². The molecule has 2 rings (SSSR count). The summed E-state index contributed by atoms with van der Waals surface area (Å²) in [5.41, 5.74) is 0.425. The van der Waals surface area contributed by atoms with Crippen LogP contribution in [0.4, 0.5) is 13.2 Å². The van der Waals surface area contributed by atoms with Gasteiger partial charge in [-0.2, -0.15) is 13.2 Å². The molecule has 1 aliphatic carbocycles. The summed E-state index contributed by atoms with van der Waals surface area (Å²) < 4.78 is 36.9. The first-order chi connectivity index (χ1) is 8.73. The Morgan fingerprint density at radius 1 is 1.11 bits per heavy atom. The van der Waals surface area contributed by atoms with Crippen molar-refractivity contribution in [2.24, 2.45) is 5.41 Å². The van der Waals surface area contributed by atoms with Gasteiger partial charge in [-0.15, -0.1) is 0 Å². The average Bonchev–Trinajstić information content (AvgIpc) is 2.59. The molecule has 0 aromatic carbocycles. The minimum atomic E-state index is -4.06. The summed E-state index contributed by atoms with van der Waals surface area (Å²) in [6, 6.07) is 0.970. The van der Waals surface area contributed by atoms with E-state index in [2.05, 4.69) is 19.2 Å². The van der Waals surface area contributed by atoms with Crippen molar-refractivity contribution in [1.82, 2.24) is 10.2 Å². The van der Waals surface area contributed by atoms with Crippen LogP contribution >= 0.6 is 0 Å². The van der Waals surface area contributed by atoms with E-state index in [0.29, 0.717) is 30.6 Å². The first-order valence-electron chi connectivity index (χ1n) is 7.29. The van der Waals surface area contributed by atoms with E-state index in [1.165, 1.54) is 24.2 Å². The van der Waals surface area contributed by atoms with Crippen LogP contribution in [-0.4, -0.2) is 42.8 Å². The van der Waals surface area contributed by atoms with Gasteiger partial charge in [-0.25, -0.2) is 0 Å². The zero-order valence-electron chi connectivity index (χ0n) is 11.9. The molecule has 2 nitrogen and oxygen atoms in total. The van der Waals surface area contributed by atoms with Gasteiger partial charge in [0.1, 0.15) is 0 Å². The molecule has 1 N–H and O–H groups in total. The number of piperidine rings is 1. The standard InChI is InChI=1S/C14H25F3N2/c1-13(2)6-3-12(9-13)18-11-4-7-19(8-5-11)10-14(15,16)17/h11-12,18H,3-10H2,1-2H3. The van der Waals surface area contributed by atoms with Crippen molar-refractivity contribution in [2.45, 2.75) is 64.2 Å². The molecule has 1 heterocycles. The molecule has 2 fully saturated rings. The van der Waals surface area contributed by atoms with Gasteiger partial charge in [0.05, 0.1) is 6.54 Å². The molecule has 1 saturated heterocycles. The van der Waals surface area contributed by atoms with Crippen molar-refractivity contribution in [1.29, 1.82) is 0 Å². The van der Waals surface area contributed by atoms with E-state index in [-0.39, 0.29) is 0 Å². The van der Waals surface area contributed by atoms with E-state index >= 15 is 0 Å². The molecule has 5 heteroatoms. The van der Waals surface area contributed by atoms with Crippen molar-refractivity contribution in [3.05, 3.63) is 0 Å². The number of hydrogen-bond donors (Lipinski definition) is 1. The van der Waals surface area contributed by atoms with Crippen LogP contribution in [0, 0.1) is 5.41 Å². The van der Waals surface area contributed by atoms with Gasteiger partial charge in [-0.1, -0.05) is 13.8 Å². The Labute approximate surface area is 113 Å². The predicted molar refractivity (Wildman–Crippen MR) is 70.1 cm³/mol. The molecule has 1 unspecified atom stereocenters. The summed E-state index contributed by atoms with van der Waals surface area (Å²) in [6.45, 7) is 4.96. The van der Waals surface area contributed by atoms with Gasteiger partial charge >= 0.3 is 6.18 Å². The highest BCUT2D eigenvalue weighted by Crippen LogP contribution is 2.37. The van der Waals surface area contributed by atoms with E-state index in [9.17, 15) is 13.2 Å². The van der Waals surface area contributed by atoms with E-state index in [0.717, 1.165) is 12.8 Å². The number of alkyl halides is 3. The fraction of sp³-hybridized carbons (Fsp3) is 1.00. The summed E-state index contributed by atoms with van der Waals surface area (Å²) in [4.78, 5) is 1.52. The molecule has 0 aromatic heterocycles. The maximum Gasteiger partial charge on any atom is 0.401 e. The lowest BCUT2D eigenvalue weighted by Crippen LogP contribution is -2.47. The van der Waals surface area contributed by atoms with Crippen LogP contribution in [0.5, 0.6) is 0 Å². The van der Waals surface area contributed by atoms with Crippen molar-refractivity contribution in [3.8, 4) is 0 Å². The summed E-state index contributed by atoms with van der Waals surface area (Å²) in [5, 5.41) is 3.65. The molecule has 0 bridgehead atoms. The Kier molecular flexibility index (Phi) is 4.45. The summed E-state index contributed by atoms with van der Waals surface area (Å²) in [7, 11) is 0. The largest absolute Gasteiger partial charge is 0.401 e. The Morgan fingerprint density at radius 3 is 2.21 bits per heavy atom. The van der Waals surface area contributed by atoms with Crippen molar-refractivity contribution < 1.29 is 13.2 Å². The zero-order chi connectivity index (χ0) is 14.1. The molecule has 0 amide bonds. The van der Waals surface area contributed by atoms with E-state index in [4.69, 9.17) is 0 Å². The minimum absolute atomic E-state index is 0.406. The molecule has 1 atom stereocenters. The highest BCUT2D eigenvalue weighted by Gasteiger charge is 2.35. The first kappa shape index (κ1) is 15.1. The Balaban J connectivity index is 1.69. The first-order valence-corrected chi connectivity index (χ1v) is 7.29. The number of nitrogens with one attached hydrogen (secondary N) is 1. The fourth-order valence-corrected chi connectivity index (χ4v) is 3.42. The van der Waals surface area contributed by atoms with Crippen LogP contribution in [0.25, 0.3) is 0 Å². The quantitative estimate of drug-likeness (QED) is 0.853. The molecule has 0 aromatic rings. The molecule has 0 spiro atoms. The second kappa shape index (κ2) is 5.60. The molecule has 2 aliphatic rings. The van der Waals surface area contributed by atoms with Crippen molar-refractivity contribution in [3.63, 3.8) is 0 Å². The van der Waals surface area contributed by atoms with Gasteiger partial charge in [0.15, 0.2) is 0 Å². The number of likely N-dealkylation sites (tertiary alicyclic amines) is 1. The second-order valence-electron chi connectivity index (χ2n) is 6.94. The van der Waals surface area contributed by atoms with Crippen LogP contribution in [0.15, 0.2) is 0 Å². The Morgan fingerprint density at radius 2 is 1.74 bits per heavy atom. The highest BCUT2D eigenvalue weighted by molar-refractivity contribution is 4.89. The monoisotopic (exact) mass is 278 g/mol. The highest BCUT2D eigenvalue weighted by atomic mass is 19.4. The van der Waals surface area contributed by atoms with E-state index in [1.54, 1.807) is 0 Å². The number of halogens is 3. The van der Waals surface area contributed by atoms with Gasteiger partial charge in [0.25, 0.3) is 0 Å². The van der Waals surface area contributed by atoms with Crippen LogP contribution in [-0.2, 0) is 0 Å². The van der Waals surface area contributed by atoms with Crippen molar-refractivity contribution in [2.75, 3.05) is 19.6 Å². The number of hydrogen-bond acceptors (Lipinski definition) is 2. The number of rotatable bonds is 3. The van der Waals surface area contributed by atoms with Crippen LogP contribution in [0.2, 0.25) is 0 Å². The SMILES string of the molecule is CC1(C)CCC(NC2CCN(CC(F)(F)F)CC2)C1. The zero-order valence-corrected chi connectivity index (χ0v) is 11.9. The maximum absolute atomic E-state index is 12.3. The van der Waals surface area contributed by atoms with Crippen molar-refractivity contribution >= 4 is 0 Å². The molecule has 1 aliphatic heterocycles. The fourth-order valence-electron chi connectivity index (χ4n) is 3.42. The summed E-state index contributed by atoms with van der Waals surface area (Å²) >= 11 is 0. The lowest BCUT2D eigenvalue weighted by Gasteiger charge is -2.34. The lowest BCUT2D eigenvalue weighted by atomic mass is 9.91. The van der Waals surface area contributed by atoms with Gasteiger partial charge in [0.2, 0.25) is 0 Å². The second-order valence-corrected chi connectivity index (χ2v) is 6.94. The Bertz CT molecular complexity index is 294. The molecular weight excluding hydrogens is 253 g/mol. The third-order valence-electron chi connectivity index (χ3n) is 4.43. The number of nitrogens with zero attached hydrogens (tertiary/aromatic N) is 1. The third kappa shape index (κ3) is 4.95.